The highest BCUT2D eigenvalue weighted by atomic mass is 32.2. The highest BCUT2D eigenvalue weighted by molar-refractivity contribution is 7.89. The minimum Gasteiger partial charge on any atom is -0.493 e. The van der Waals surface area contributed by atoms with Crippen LogP contribution in [0.15, 0.2) is 47.4 Å². The molecule has 0 bridgehead atoms. The summed E-state index contributed by atoms with van der Waals surface area (Å²) in [4.78, 5) is 24.4. The molecule has 9 nitrogen and oxygen atoms in total. The average Bonchev–Trinajstić information content (AvgIpc) is 3.37. The molecule has 1 saturated heterocycles. The summed E-state index contributed by atoms with van der Waals surface area (Å²) < 4.78 is 41.9. The number of amides is 1. The predicted octanol–water partition coefficient (Wildman–Crippen LogP) is 1.96. The van der Waals surface area contributed by atoms with Gasteiger partial charge in [0.05, 0.1) is 24.7 Å². The second kappa shape index (κ2) is 10.5. The third-order valence-corrected chi connectivity index (χ3v) is 6.98. The monoisotopic (exact) mass is 462 g/mol. The first kappa shape index (κ1) is 23.6. The van der Waals surface area contributed by atoms with E-state index in [0.717, 1.165) is 18.4 Å². The third kappa shape index (κ3) is 5.57. The number of methoxy groups -OCH3 is 2. The number of benzene rings is 2. The minimum absolute atomic E-state index is 0.128. The van der Waals surface area contributed by atoms with Crippen molar-refractivity contribution in [2.24, 2.45) is 0 Å². The number of esters is 1. The van der Waals surface area contributed by atoms with E-state index in [1.807, 2.05) is 0 Å². The summed E-state index contributed by atoms with van der Waals surface area (Å²) in [5, 5.41) is 2.66. The quantitative estimate of drug-likeness (QED) is 0.567. The smallest absolute Gasteiger partial charge is 0.338 e. The lowest BCUT2D eigenvalue weighted by atomic mass is 10.2. The fraction of sp³-hybridized carbons (Fsp3) is 0.364. The van der Waals surface area contributed by atoms with E-state index in [9.17, 15) is 18.0 Å². The van der Waals surface area contributed by atoms with E-state index in [-0.39, 0.29) is 17.0 Å². The molecule has 1 fully saturated rings. The molecule has 32 heavy (non-hydrogen) atoms. The molecule has 1 N–H and O–H groups in total. The molecule has 0 unspecified atom stereocenters. The van der Waals surface area contributed by atoms with E-state index in [4.69, 9.17) is 14.2 Å². The molecule has 3 rings (SSSR count). The molecule has 0 saturated carbocycles. The van der Waals surface area contributed by atoms with E-state index in [1.165, 1.54) is 42.8 Å². The number of hydrogen-bond donors (Lipinski definition) is 1. The number of nitrogens with zero attached hydrogens (tertiary/aromatic N) is 1. The maximum atomic E-state index is 12.5. The van der Waals surface area contributed by atoms with Gasteiger partial charge in [0.25, 0.3) is 5.91 Å². The van der Waals surface area contributed by atoms with Gasteiger partial charge in [-0.1, -0.05) is 6.07 Å². The molecular formula is C22H26N2O7S. The first-order chi connectivity index (χ1) is 15.3. The SMILES string of the molecule is COc1ccc(CNC(=O)COC(=O)c2ccc(S(=O)(=O)N3CCCC3)cc2)cc1OC. The number of carbonyl (C=O) groups excluding carboxylic acids is 2. The fourth-order valence-electron chi connectivity index (χ4n) is 3.30. The Morgan fingerprint density at radius 2 is 1.62 bits per heavy atom. The lowest BCUT2D eigenvalue weighted by Crippen LogP contribution is -2.28. The summed E-state index contributed by atoms with van der Waals surface area (Å²) in [6.07, 6.45) is 1.69. The lowest BCUT2D eigenvalue weighted by molar-refractivity contribution is -0.124. The van der Waals surface area contributed by atoms with Crippen molar-refractivity contribution >= 4 is 21.9 Å². The van der Waals surface area contributed by atoms with Crippen molar-refractivity contribution < 1.29 is 32.2 Å². The van der Waals surface area contributed by atoms with Crippen LogP contribution in [0, 0.1) is 0 Å². The summed E-state index contributed by atoms with van der Waals surface area (Å²) in [6.45, 7) is 0.773. The largest absolute Gasteiger partial charge is 0.493 e. The third-order valence-electron chi connectivity index (χ3n) is 5.06. The number of nitrogens with one attached hydrogen (secondary N) is 1. The maximum Gasteiger partial charge on any atom is 0.338 e. The van der Waals surface area contributed by atoms with Gasteiger partial charge in [-0.2, -0.15) is 4.31 Å². The van der Waals surface area contributed by atoms with Gasteiger partial charge in [0, 0.05) is 19.6 Å². The number of hydrogen-bond acceptors (Lipinski definition) is 7. The van der Waals surface area contributed by atoms with Gasteiger partial charge >= 0.3 is 5.97 Å². The molecule has 172 valence electrons. The van der Waals surface area contributed by atoms with Crippen molar-refractivity contribution in [3.05, 3.63) is 53.6 Å². The number of sulfonamides is 1. The topological polar surface area (TPSA) is 111 Å². The molecule has 1 amide bonds. The number of rotatable bonds is 9. The zero-order valence-electron chi connectivity index (χ0n) is 18.0. The Hall–Kier alpha value is -3.11. The highest BCUT2D eigenvalue weighted by Crippen LogP contribution is 2.27. The Morgan fingerprint density at radius 1 is 0.969 bits per heavy atom. The summed E-state index contributed by atoms with van der Waals surface area (Å²) in [5.74, 6) is -0.0608. The molecule has 0 radical (unpaired) electrons. The molecule has 1 aliphatic heterocycles. The van der Waals surface area contributed by atoms with Crippen molar-refractivity contribution in [3.63, 3.8) is 0 Å². The predicted molar refractivity (Wildman–Crippen MR) is 116 cm³/mol. The standard InChI is InChI=1S/C22H26N2O7S/c1-29-19-10-5-16(13-20(19)30-2)14-23-21(25)15-31-22(26)17-6-8-18(9-7-17)32(27,28)24-11-3-4-12-24/h5-10,13H,3-4,11-12,14-15H2,1-2H3,(H,23,25). The molecular weight excluding hydrogens is 436 g/mol. The van der Waals surface area contributed by atoms with Crippen LogP contribution in [0.1, 0.15) is 28.8 Å². The molecule has 0 spiro atoms. The van der Waals surface area contributed by atoms with Crippen LogP contribution in [-0.4, -0.2) is 58.5 Å². The molecule has 1 heterocycles. The first-order valence-electron chi connectivity index (χ1n) is 10.1. The molecule has 2 aromatic carbocycles. The van der Waals surface area contributed by atoms with Crippen LogP contribution in [-0.2, 0) is 26.1 Å². The van der Waals surface area contributed by atoms with Crippen LogP contribution >= 0.6 is 0 Å². The molecule has 0 aliphatic carbocycles. The Bertz CT molecular complexity index is 1060. The maximum absolute atomic E-state index is 12.5. The number of carbonyl (C=O) groups is 2. The van der Waals surface area contributed by atoms with Crippen LogP contribution in [0.4, 0.5) is 0 Å². The molecule has 0 atom stereocenters. The van der Waals surface area contributed by atoms with Gasteiger partial charge in [-0.25, -0.2) is 13.2 Å². The summed E-state index contributed by atoms with van der Waals surface area (Å²) >= 11 is 0. The summed E-state index contributed by atoms with van der Waals surface area (Å²) in [6, 6.07) is 10.8. The summed E-state index contributed by atoms with van der Waals surface area (Å²) in [5.41, 5.74) is 0.954. The van der Waals surface area contributed by atoms with E-state index in [2.05, 4.69) is 5.32 Å². The lowest BCUT2D eigenvalue weighted by Gasteiger charge is -2.15. The second-order valence-corrected chi connectivity index (χ2v) is 9.12. The molecule has 1 aliphatic rings. The fourth-order valence-corrected chi connectivity index (χ4v) is 4.81. The van der Waals surface area contributed by atoms with Gasteiger partial charge in [0.2, 0.25) is 10.0 Å². The zero-order chi connectivity index (χ0) is 23.1. The molecule has 0 aromatic heterocycles. The van der Waals surface area contributed by atoms with E-state index < -0.39 is 28.5 Å². The van der Waals surface area contributed by atoms with E-state index in [1.54, 1.807) is 18.2 Å². The van der Waals surface area contributed by atoms with Crippen LogP contribution in [0.2, 0.25) is 0 Å². The highest BCUT2D eigenvalue weighted by Gasteiger charge is 2.27. The van der Waals surface area contributed by atoms with Gasteiger partial charge < -0.3 is 19.5 Å². The van der Waals surface area contributed by atoms with Gasteiger partial charge in [-0.3, -0.25) is 4.79 Å². The van der Waals surface area contributed by atoms with Crippen molar-refractivity contribution in [3.8, 4) is 11.5 Å². The number of ether oxygens (including phenoxy) is 3. The van der Waals surface area contributed by atoms with Gasteiger partial charge in [0.1, 0.15) is 0 Å². The van der Waals surface area contributed by atoms with Crippen LogP contribution < -0.4 is 14.8 Å². The van der Waals surface area contributed by atoms with Gasteiger partial charge in [0.15, 0.2) is 18.1 Å². The van der Waals surface area contributed by atoms with Crippen LogP contribution in [0.25, 0.3) is 0 Å². The Balaban J connectivity index is 1.50. The van der Waals surface area contributed by atoms with E-state index >= 15 is 0 Å². The average molecular weight is 463 g/mol. The summed E-state index contributed by atoms with van der Waals surface area (Å²) in [7, 11) is -0.493. The van der Waals surface area contributed by atoms with Crippen LogP contribution in [0.5, 0.6) is 11.5 Å². The van der Waals surface area contributed by atoms with Gasteiger partial charge in [-0.15, -0.1) is 0 Å². The minimum atomic E-state index is -3.55. The second-order valence-electron chi connectivity index (χ2n) is 7.18. The zero-order valence-corrected chi connectivity index (χ0v) is 18.8. The Morgan fingerprint density at radius 3 is 2.25 bits per heavy atom. The van der Waals surface area contributed by atoms with Crippen molar-refractivity contribution in [2.45, 2.75) is 24.3 Å². The first-order valence-corrected chi connectivity index (χ1v) is 11.5. The van der Waals surface area contributed by atoms with Gasteiger partial charge in [-0.05, 0) is 54.8 Å². The Kier molecular flexibility index (Phi) is 7.70. The van der Waals surface area contributed by atoms with Crippen LogP contribution in [0.3, 0.4) is 0 Å². The van der Waals surface area contributed by atoms with Crippen molar-refractivity contribution in [2.75, 3.05) is 33.9 Å². The van der Waals surface area contributed by atoms with E-state index in [0.29, 0.717) is 24.6 Å². The molecule has 10 heteroatoms. The van der Waals surface area contributed by atoms with Crippen molar-refractivity contribution in [1.29, 1.82) is 0 Å². The normalized spacial score (nSPS) is 14.1. The molecule has 2 aromatic rings. The Labute approximate surface area is 187 Å². The van der Waals surface area contributed by atoms with Crippen molar-refractivity contribution in [1.82, 2.24) is 9.62 Å².